The van der Waals surface area contributed by atoms with E-state index in [2.05, 4.69) is 4.98 Å². The van der Waals surface area contributed by atoms with Crippen LogP contribution in [-0.4, -0.2) is 52.8 Å². The molecule has 1 aromatic heterocycles. The lowest BCUT2D eigenvalue weighted by Crippen LogP contribution is -2.50. The predicted octanol–water partition coefficient (Wildman–Crippen LogP) is 5.16. The van der Waals surface area contributed by atoms with Crippen molar-refractivity contribution in [2.45, 2.75) is 6.92 Å². The Bertz CT molecular complexity index is 1140. The molecule has 160 valence electrons. The van der Waals surface area contributed by atoms with E-state index in [1.807, 2.05) is 19.1 Å². The van der Waals surface area contributed by atoms with Crippen LogP contribution in [0.3, 0.4) is 0 Å². The number of hydrogen-bond donors (Lipinski definition) is 0. The van der Waals surface area contributed by atoms with E-state index in [0.717, 1.165) is 16.6 Å². The molecule has 0 spiro atoms. The van der Waals surface area contributed by atoms with Crippen LogP contribution in [0, 0.1) is 12.7 Å². The number of benzene rings is 2. The molecule has 0 aliphatic carbocycles. The number of halogens is 3. The van der Waals surface area contributed by atoms with Crippen LogP contribution in [0.5, 0.6) is 0 Å². The second kappa shape index (κ2) is 8.94. The average Bonchev–Trinajstić information content (AvgIpc) is 3.15. The molecule has 1 saturated heterocycles. The monoisotopic (exact) mass is 477 g/mol. The number of rotatable bonds is 3. The SMILES string of the molecule is Cc1nc(-c2ccc(Cl)cc2)sc1C(=O)N1CCN(C(=O)c2ccc(F)cc2Cl)CC1. The fraction of sp³-hybridized carbons (Fsp3) is 0.227. The molecule has 0 atom stereocenters. The number of piperazine rings is 1. The van der Waals surface area contributed by atoms with Gasteiger partial charge < -0.3 is 9.80 Å². The zero-order chi connectivity index (χ0) is 22.1. The number of amides is 2. The summed E-state index contributed by atoms with van der Waals surface area (Å²) in [4.78, 5) is 34.3. The lowest BCUT2D eigenvalue weighted by molar-refractivity contribution is 0.0537. The number of thiazole rings is 1. The Balaban J connectivity index is 1.44. The molecule has 2 heterocycles. The molecule has 1 fully saturated rings. The molecule has 0 unspecified atom stereocenters. The van der Waals surface area contributed by atoms with E-state index in [1.165, 1.54) is 23.5 Å². The lowest BCUT2D eigenvalue weighted by atomic mass is 10.1. The highest BCUT2D eigenvalue weighted by Gasteiger charge is 2.28. The van der Waals surface area contributed by atoms with Crippen LogP contribution in [0.25, 0.3) is 10.6 Å². The zero-order valence-electron chi connectivity index (χ0n) is 16.6. The van der Waals surface area contributed by atoms with Crippen molar-refractivity contribution < 1.29 is 14.0 Å². The highest BCUT2D eigenvalue weighted by molar-refractivity contribution is 7.17. The summed E-state index contributed by atoms with van der Waals surface area (Å²) in [6, 6.07) is 11.1. The average molecular weight is 478 g/mol. The van der Waals surface area contributed by atoms with Gasteiger partial charge >= 0.3 is 0 Å². The number of nitrogens with zero attached hydrogens (tertiary/aromatic N) is 3. The van der Waals surface area contributed by atoms with Crippen LogP contribution < -0.4 is 0 Å². The minimum Gasteiger partial charge on any atom is -0.335 e. The van der Waals surface area contributed by atoms with Crippen LogP contribution in [0.2, 0.25) is 10.0 Å². The van der Waals surface area contributed by atoms with Crippen molar-refractivity contribution in [2.75, 3.05) is 26.2 Å². The van der Waals surface area contributed by atoms with E-state index < -0.39 is 5.82 Å². The van der Waals surface area contributed by atoms with Crippen LogP contribution in [0.15, 0.2) is 42.5 Å². The number of carbonyl (C=O) groups excluding carboxylic acids is 2. The standard InChI is InChI=1S/C22H18Cl2FN3O2S/c1-13-19(31-20(26-13)14-2-4-15(23)5-3-14)22(30)28-10-8-27(9-11-28)21(29)17-7-6-16(25)12-18(17)24/h2-7,12H,8-11H2,1H3. The van der Waals surface area contributed by atoms with E-state index in [4.69, 9.17) is 23.2 Å². The van der Waals surface area contributed by atoms with Crippen molar-refractivity contribution in [1.82, 2.24) is 14.8 Å². The number of aryl methyl sites for hydroxylation is 1. The van der Waals surface area contributed by atoms with Crippen LogP contribution in [-0.2, 0) is 0 Å². The van der Waals surface area contributed by atoms with E-state index >= 15 is 0 Å². The van der Waals surface area contributed by atoms with Gasteiger partial charge in [0.2, 0.25) is 0 Å². The second-order valence-electron chi connectivity index (χ2n) is 7.15. The van der Waals surface area contributed by atoms with Crippen molar-refractivity contribution >= 4 is 46.4 Å². The minimum absolute atomic E-state index is 0.0820. The largest absolute Gasteiger partial charge is 0.335 e. The van der Waals surface area contributed by atoms with Crippen molar-refractivity contribution in [3.05, 3.63) is 74.5 Å². The number of hydrogen-bond acceptors (Lipinski definition) is 4. The van der Waals surface area contributed by atoms with Crippen molar-refractivity contribution in [2.24, 2.45) is 0 Å². The van der Waals surface area contributed by atoms with Gasteiger partial charge in [0.15, 0.2) is 0 Å². The quantitative estimate of drug-likeness (QED) is 0.523. The van der Waals surface area contributed by atoms with Gasteiger partial charge in [0, 0.05) is 36.8 Å². The molecule has 1 aliphatic heterocycles. The van der Waals surface area contributed by atoms with Gasteiger partial charge in [0.1, 0.15) is 15.7 Å². The molecule has 0 radical (unpaired) electrons. The summed E-state index contributed by atoms with van der Waals surface area (Å²) in [5, 5.41) is 1.48. The molecule has 1 aliphatic rings. The molecule has 0 bridgehead atoms. The van der Waals surface area contributed by atoms with E-state index in [-0.39, 0.29) is 22.4 Å². The van der Waals surface area contributed by atoms with Gasteiger partial charge in [-0.15, -0.1) is 11.3 Å². The first-order chi connectivity index (χ1) is 14.8. The number of aromatic nitrogens is 1. The molecular formula is C22H18Cl2FN3O2S. The summed E-state index contributed by atoms with van der Waals surface area (Å²) in [6.07, 6.45) is 0. The summed E-state index contributed by atoms with van der Waals surface area (Å²) in [5.41, 5.74) is 1.84. The van der Waals surface area contributed by atoms with Crippen molar-refractivity contribution in [3.8, 4) is 10.6 Å². The Labute approximate surface area is 193 Å². The molecule has 0 saturated carbocycles. The Morgan fingerprint density at radius 1 is 0.968 bits per heavy atom. The fourth-order valence-corrected chi connectivity index (χ4v) is 4.81. The van der Waals surface area contributed by atoms with Gasteiger partial charge in [-0.3, -0.25) is 9.59 Å². The van der Waals surface area contributed by atoms with E-state index in [1.54, 1.807) is 21.9 Å². The Kier molecular flexibility index (Phi) is 6.27. The highest BCUT2D eigenvalue weighted by Crippen LogP contribution is 2.30. The Morgan fingerprint density at radius 3 is 2.19 bits per heavy atom. The van der Waals surface area contributed by atoms with Gasteiger partial charge in [0.05, 0.1) is 16.3 Å². The zero-order valence-corrected chi connectivity index (χ0v) is 18.9. The summed E-state index contributed by atoms with van der Waals surface area (Å²) >= 11 is 13.3. The van der Waals surface area contributed by atoms with Crippen molar-refractivity contribution in [1.29, 1.82) is 0 Å². The predicted molar refractivity (Wildman–Crippen MR) is 121 cm³/mol. The van der Waals surface area contributed by atoms with Crippen LogP contribution in [0.4, 0.5) is 4.39 Å². The first-order valence-electron chi connectivity index (χ1n) is 9.60. The van der Waals surface area contributed by atoms with Gasteiger partial charge in [-0.25, -0.2) is 9.37 Å². The third-order valence-electron chi connectivity index (χ3n) is 5.10. The highest BCUT2D eigenvalue weighted by atomic mass is 35.5. The van der Waals surface area contributed by atoms with Crippen LogP contribution >= 0.6 is 34.5 Å². The molecule has 0 N–H and O–H groups in total. The maximum absolute atomic E-state index is 13.3. The van der Waals surface area contributed by atoms with E-state index in [0.29, 0.717) is 41.8 Å². The maximum atomic E-state index is 13.3. The topological polar surface area (TPSA) is 53.5 Å². The van der Waals surface area contributed by atoms with Gasteiger partial charge in [0.25, 0.3) is 11.8 Å². The molecule has 3 aromatic rings. The maximum Gasteiger partial charge on any atom is 0.265 e. The molecular weight excluding hydrogens is 460 g/mol. The van der Waals surface area contributed by atoms with Gasteiger partial charge in [-0.1, -0.05) is 35.3 Å². The number of carbonyl (C=O) groups is 2. The fourth-order valence-electron chi connectivity index (χ4n) is 3.40. The molecule has 4 rings (SSSR count). The molecule has 2 aromatic carbocycles. The first-order valence-corrected chi connectivity index (χ1v) is 11.2. The van der Waals surface area contributed by atoms with Crippen molar-refractivity contribution in [3.63, 3.8) is 0 Å². The molecule has 5 nitrogen and oxygen atoms in total. The Hall–Kier alpha value is -2.48. The third kappa shape index (κ3) is 4.59. The van der Waals surface area contributed by atoms with Gasteiger partial charge in [-0.05, 0) is 37.3 Å². The normalized spacial score (nSPS) is 14.1. The molecule has 2 amide bonds. The van der Waals surface area contributed by atoms with Gasteiger partial charge in [-0.2, -0.15) is 0 Å². The molecule has 9 heteroatoms. The minimum atomic E-state index is -0.491. The van der Waals surface area contributed by atoms with E-state index in [9.17, 15) is 14.0 Å². The summed E-state index contributed by atoms with van der Waals surface area (Å²) < 4.78 is 13.3. The molecule has 31 heavy (non-hydrogen) atoms. The Morgan fingerprint density at radius 2 is 1.58 bits per heavy atom. The first kappa shape index (κ1) is 21.7. The lowest BCUT2D eigenvalue weighted by Gasteiger charge is -2.34. The summed E-state index contributed by atoms with van der Waals surface area (Å²) in [5.74, 6) is -0.854. The summed E-state index contributed by atoms with van der Waals surface area (Å²) in [6.45, 7) is 3.37. The third-order valence-corrected chi connectivity index (χ3v) is 6.86. The van der Waals surface area contributed by atoms with Crippen LogP contribution in [0.1, 0.15) is 25.7 Å². The smallest absolute Gasteiger partial charge is 0.265 e. The second-order valence-corrected chi connectivity index (χ2v) is 8.99. The summed E-state index contributed by atoms with van der Waals surface area (Å²) in [7, 11) is 0.